The molecule has 9 nitrogen and oxygen atoms in total. The zero-order chi connectivity index (χ0) is 21.5. The molecule has 1 atom stereocenters. The van der Waals surface area contributed by atoms with Crippen molar-refractivity contribution in [2.24, 2.45) is 0 Å². The lowest BCUT2D eigenvalue weighted by Crippen LogP contribution is -2.55. The van der Waals surface area contributed by atoms with E-state index < -0.39 is 5.41 Å². The second kappa shape index (κ2) is 10.0. The summed E-state index contributed by atoms with van der Waals surface area (Å²) in [7, 11) is 1.70. The summed E-state index contributed by atoms with van der Waals surface area (Å²) >= 11 is 0. The van der Waals surface area contributed by atoms with Crippen LogP contribution in [0.4, 0.5) is 11.8 Å². The molecule has 0 radical (unpaired) electrons. The third-order valence-electron chi connectivity index (χ3n) is 6.06. The van der Waals surface area contributed by atoms with E-state index in [9.17, 15) is 4.79 Å². The fourth-order valence-electron chi connectivity index (χ4n) is 4.44. The van der Waals surface area contributed by atoms with Crippen molar-refractivity contribution >= 4 is 17.7 Å². The first-order valence-electron chi connectivity index (χ1n) is 11.0. The van der Waals surface area contributed by atoms with E-state index in [1.54, 1.807) is 19.4 Å². The van der Waals surface area contributed by atoms with Crippen molar-refractivity contribution in [2.45, 2.75) is 18.3 Å². The monoisotopic (exact) mass is 425 g/mol. The van der Waals surface area contributed by atoms with Gasteiger partial charge in [0.05, 0.1) is 18.9 Å². The second-order valence-electron chi connectivity index (χ2n) is 8.02. The number of anilines is 2. The molecule has 1 amide bonds. The number of carbonyl (C=O) groups excluding carboxylic acids is 1. The lowest BCUT2D eigenvalue weighted by atomic mass is 9.75. The largest absolute Gasteiger partial charge is 0.378 e. The average molecular weight is 426 g/mol. The standard InChI is InChI=1S/C22H31N7O2/c1-23-20(30)22(18-5-2-3-8-24-18)7-4-11-28(17-22)12-10-25-19-6-9-26-21(27-19)29-13-15-31-16-14-29/h2-3,5-6,8-9H,4,7,10-17H2,1H3,(H,23,30)(H,25,26,27). The maximum absolute atomic E-state index is 12.9. The third kappa shape index (κ3) is 4.94. The molecule has 0 aliphatic carbocycles. The number of likely N-dealkylation sites (N-methyl/N-ethyl adjacent to an activating group) is 1. The Bertz CT molecular complexity index is 860. The second-order valence-corrected chi connectivity index (χ2v) is 8.02. The van der Waals surface area contributed by atoms with Gasteiger partial charge in [0.15, 0.2) is 0 Å². The van der Waals surface area contributed by atoms with Gasteiger partial charge in [-0.2, -0.15) is 4.98 Å². The van der Waals surface area contributed by atoms with Crippen molar-refractivity contribution in [3.05, 3.63) is 42.4 Å². The molecular weight excluding hydrogens is 394 g/mol. The van der Waals surface area contributed by atoms with Gasteiger partial charge < -0.3 is 25.2 Å². The normalized spacial score (nSPS) is 22.2. The van der Waals surface area contributed by atoms with Crippen molar-refractivity contribution < 1.29 is 9.53 Å². The summed E-state index contributed by atoms with van der Waals surface area (Å²) in [5, 5.41) is 6.28. The lowest BCUT2D eigenvalue weighted by Gasteiger charge is -2.41. The van der Waals surface area contributed by atoms with Gasteiger partial charge in [0, 0.05) is 52.2 Å². The number of carbonyl (C=O) groups is 1. The molecule has 0 spiro atoms. The van der Waals surface area contributed by atoms with E-state index >= 15 is 0 Å². The summed E-state index contributed by atoms with van der Waals surface area (Å²) in [6, 6.07) is 7.70. The van der Waals surface area contributed by atoms with Crippen LogP contribution in [0, 0.1) is 0 Å². The maximum Gasteiger partial charge on any atom is 0.233 e. The topological polar surface area (TPSA) is 95.5 Å². The van der Waals surface area contributed by atoms with Gasteiger partial charge in [-0.25, -0.2) is 4.98 Å². The predicted octanol–water partition coefficient (Wildman–Crippen LogP) is 0.900. The molecule has 166 valence electrons. The minimum Gasteiger partial charge on any atom is -0.378 e. The number of nitrogens with one attached hydrogen (secondary N) is 2. The van der Waals surface area contributed by atoms with Gasteiger partial charge >= 0.3 is 0 Å². The number of amides is 1. The number of piperidine rings is 1. The lowest BCUT2D eigenvalue weighted by molar-refractivity contribution is -0.128. The molecule has 4 rings (SSSR count). The minimum absolute atomic E-state index is 0.0369. The molecule has 2 saturated heterocycles. The molecule has 2 aliphatic heterocycles. The van der Waals surface area contributed by atoms with E-state index in [0.717, 1.165) is 63.0 Å². The van der Waals surface area contributed by atoms with Gasteiger partial charge in [-0.05, 0) is 37.6 Å². The molecule has 2 aromatic heterocycles. The zero-order valence-corrected chi connectivity index (χ0v) is 18.1. The number of hydrogen-bond donors (Lipinski definition) is 2. The first-order valence-corrected chi connectivity index (χ1v) is 11.0. The maximum atomic E-state index is 12.9. The molecule has 2 aromatic rings. The van der Waals surface area contributed by atoms with Crippen LogP contribution in [-0.2, 0) is 14.9 Å². The SMILES string of the molecule is CNC(=O)C1(c2ccccn2)CCCN(CCNc2ccnc(N3CCOCC3)n2)C1. The highest BCUT2D eigenvalue weighted by Gasteiger charge is 2.44. The molecule has 0 bridgehead atoms. The van der Waals surface area contributed by atoms with Gasteiger partial charge in [0.2, 0.25) is 11.9 Å². The van der Waals surface area contributed by atoms with Crippen molar-refractivity contribution in [3.8, 4) is 0 Å². The molecule has 9 heteroatoms. The first-order chi connectivity index (χ1) is 15.2. The fourth-order valence-corrected chi connectivity index (χ4v) is 4.44. The van der Waals surface area contributed by atoms with Crippen LogP contribution in [0.1, 0.15) is 18.5 Å². The number of pyridine rings is 1. The summed E-state index contributed by atoms with van der Waals surface area (Å²) in [4.78, 5) is 31.0. The highest BCUT2D eigenvalue weighted by atomic mass is 16.5. The number of ether oxygens (including phenoxy) is 1. The summed E-state index contributed by atoms with van der Waals surface area (Å²) in [5.74, 6) is 1.59. The number of hydrogen-bond acceptors (Lipinski definition) is 8. The quantitative estimate of drug-likeness (QED) is 0.676. The molecular formula is C22H31N7O2. The summed E-state index contributed by atoms with van der Waals surface area (Å²) in [6.07, 6.45) is 5.32. The Morgan fingerprint density at radius 3 is 2.81 bits per heavy atom. The van der Waals surface area contributed by atoms with Crippen LogP contribution in [0.2, 0.25) is 0 Å². The molecule has 0 saturated carbocycles. The van der Waals surface area contributed by atoms with Gasteiger partial charge in [-0.15, -0.1) is 0 Å². The van der Waals surface area contributed by atoms with Crippen LogP contribution in [-0.4, -0.2) is 85.3 Å². The Hall–Kier alpha value is -2.78. The van der Waals surface area contributed by atoms with Crippen LogP contribution in [0.25, 0.3) is 0 Å². The fraction of sp³-hybridized carbons (Fsp3) is 0.545. The number of likely N-dealkylation sites (tertiary alicyclic amines) is 1. The van der Waals surface area contributed by atoms with Crippen molar-refractivity contribution in [2.75, 3.05) is 69.7 Å². The van der Waals surface area contributed by atoms with Crippen LogP contribution in [0.5, 0.6) is 0 Å². The minimum atomic E-state index is -0.604. The first kappa shape index (κ1) is 21.5. The summed E-state index contributed by atoms with van der Waals surface area (Å²) in [5.41, 5.74) is 0.241. The van der Waals surface area contributed by atoms with Crippen molar-refractivity contribution in [1.82, 2.24) is 25.2 Å². The van der Waals surface area contributed by atoms with Crippen LogP contribution >= 0.6 is 0 Å². The third-order valence-corrected chi connectivity index (χ3v) is 6.06. The number of aromatic nitrogens is 3. The van der Waals surface area contributed by atoms with E-state index in [4.69, 9.17) is 4.74 Å². The Balaban J connectivity index is 1.37. The summed E-state index contributed by atoms with van der Waals surface area (Å²) < 4.78 is 5.41. The van der Waals surface area contributed by atoms with Gasteiger partial charge in [-0.1, -0.05) is 6.07 Å². The molecule has 2 aliphatic rings. The average Bonchev–Trinajstić information content (AvgIpc) is 2.85. The van der Waals surface area contributed by atoms with E-state index in [2.05, 4.69) is 35.4 Å². The Morgan fingerprint density at radius 2 is 2.03 bits per heavy atom. The van der Waals surface area contributed by atoms with Gasteiger partial charge in [0.25, 0.3) is 0 Å². The molecule has 0 aromatic carbocycles. The van der Waals surface area contributed by atoms with E-state index in [-0.39, 0.29) is 5.91 Å². The van der Waals surface area contributed by atoms with Gasteiger partial charge in [-0.3, -0.25) is 9.78 Å². The van der Waals surface area contributed by atoms with Gasteiger partial charge in [0.1, 0.15) is 11.2 Å². The Kier molecular flexibility index (Phi) is 6.93. The molecule has 2 N–H and O–H groups in total. The van der Waals surface area contributed by atoms with Crippen LogP contribution < -0.4 is 15.5 Å². The van der Waals surface area contributed by atoms with E-state index in [1.165, 1.54) is 0 Å². The zero-order valence-electron chi connectivity index (χ0n) is 18.1. The highest BCUT2D eigenvalue weighted by molar-refractivity contribution is 5.88. The van der Waals surface area contributed by atoms with Crippen molar-refractivity contribution in [3.63, 3.8) is 0 Å². The predicted molar refractivity (Wildman–Crippen MR) is 119 cm³/mol. The Morgan fingerprint density at radius 1 is 1.16 bits per heavy atom. The van der Waals surface area contributed by atoms with Crippen LogP contribution in [0.3, 0.4) is 0 Å². The molecule has 1 unspecified atom stereocenters. The smallest absolute Gasteiger partial charge is 0.233 e. The van der Waals surface area contributed by atoms with Crippen LogP contribution in [0.15, 0.2) is 36.7 Å². The number of nitrogens with zero attached hydrogens (tertiary/aromatic N) is 5. The van der Waals surface area contributed by atoms with E-state index in [1.807, 2.05) is 24.3 Å². The highest BCUT2D eigenvalue weighted by Crippen LogP contribution is 2.33. The number of morpholine rings is 1. The number of rotatable bonds is 7. The molecule has 4 heterocycles. The Labute approximate surface area is 183 Å². The summed E-state index contributed by atoms with van der Waals surface area (Å²) in [6.45, 7) is 6.23. The molecule has 31 heavy (non-hydrogen) atoms. The molecule has 2 fully saturated rings. The van der Waals surface area contributed by atoms with E-state index in [0.29, 0.717) is 19.8 Å². The van der Waals surface area contributed by atoms with Crippen molar-refractivity contribution in [1.29, 1.82) is 0 Å².